The molecule has 0 aromatic carbocycles. The van der Waals surface area contributed by atoms with Gasteiger partial charge in [-0.2, -0.15) is 15.0 Å². The molecular weight excluding hydrogens is 300 g/mol. The van der Waals surface area contributed by atoms with Gasteiger partial charge in [-0.3, -0.25) is 0 Å². The Balaban J connectivity index is 3.31. The van der Waals surface area contributed by atoms with Gasteiger partial charge in [0.1, 0.15) is 0 Å². The van der Waals surface area contributed by atoms with Crippen LogP contribution in [0, 0.1) is 0 Å². The average Bonchev–Trinajstić information content (AvgIpc) is 2.61. The minimum absolute atomic E-state index is 0.809. The molecule has 0 bridgehead atoms. The molecule has 0 aliphatic rings. The molecule has 0 fully saturated rings. The van der Waals surface area contributed by atoms with Gasteiger partial charge in [0.2, 0.25) is 17.8 Å². The van der Waals surface area contributed by atoms with E-state index in [1.54, 1.807) is 0 Å². The van der Waals surface area contributed by atoms with Crippen molar-refractivity contribution < 1.29 is 0 Å². The minimum atomic E-state index is 0.809. The first-order chi connectivity index (χ1) is 11.6. The van der Waals surface area contributed by atoms with Crippen LogP contribution in [0.25, 0.3) is 0 Å². The van der Waals surface area contributed by atoms with E-state index < -0.39 is 0 Å². The van der Waals surface area contributed by atoms with E-state index in [2.05, 4.69) is 56.2 Å². The summed E-state index contributed by atoms with van der Waals surface area (Å²) in [6.07, 6.45) is 3.26. The topological polar surface area (TPSA) is 48.4 Å². The van der Waals surface area contributed by atoms with Gasteiger partial charge in [0.05, 0.1) is 0 Å². The van der Waals surface area contributed by atoms with E-state index in [0.717, 1.165) is 76.4 Å². The fraction of sp³-hybridized carbons (Fsp3) is 0.833. The van der Waals surface area contributed by atoms with Crippen molar-refractivity contribution in [1.29, 1.82) is 0 Å². The second-order valence-corrected chi connectivity index (χ2v) is 5.97. The Bertz CT molecular complexity index is 386. The van der Waals surface area contributed by atoms with Gasteiger partial charge in [-0.25, -0.2) is 0 Å². The Labute approximate surface area is 148 Å². The van der Waals surface area contributed by atoms with E-state index in [1.165, 1.54) is 0 Å². The summed E-state index contributed by atoms with van der Waals surface area (Å²) < 4.78 is 0. The second-order valence-electron chi connectivity index (χ2n) is 5.97. The highest BCUT2D eigenvalue weighted by atomic mass is 15.4. The van der Waals surface area contributed by atoms with Gasteiger partial charge >= 0.3 is 0 Å². The molecule has 0 unspecified atom stereocenters. The Hall–Kier alpha value is -1.59. The molecule has 1 rings (SSSR count). The van der Waals surface area contributed by atoms with Crippen molar-refractivity contribution in [3.8, 4) is 0 Å². The molecule has 1 heterocycles. The van der Waals surface area contributed by atoms with Crippen molar-refractivity contribution in [2.45, 2.75) is 60.8 Å². The van der Waals surface area contributed by atoms with Gasteiger partial charge < -0.3 is 14.7 Å². The van der Waals surface area contributed by atoms with Crippen LogP contribution in [0.2, 0.25) is 0 Å². The zero-order valence-corrected chi connectivity index (χ0v) is 16.5. The number of rotatable bonds is 12. The van der Waals surface area contributed by atoms with E-state index in [9.17, 15) is 0 Å². The molecule has 0 saturated carbocycles. The summed E-state index contributed by atoms with van der Waals surface area (Å²) in [6, 6.07) is 0. The standard InChI is InChI=1S/C18H36N6/c1-7-13-22(10-4)16-19-17(23(11-5)14-8-2)21-18(20-16)24(12-6)15-9-3/h7-15H2,1-6H3. The molecule has 0 aliphatic heterocycles. The Morgan fingerprint density at radius 1 is 0.500 bits per heavy atom. The highest BCUT2D eigenvalue weighted by Crippen LogP contribution is 2.20. The van der Waals surface area contributed by atoms with E-state index in [0.29, 0.717) is 0 Å². The van der Waals surface area contributed by atoms with Crippen LogP contribution >= 0.6 is 0 Å². The molecule has 0 atom stereocenters. The Kier molecular flexibility index (Phi) is 9.42. The SMILES string of the molecule is CCCN(CC)c1nc(N(CC)CCC)nc(N(CC)CCC)n1. The van der Waals surface area contributed by atoms with Crippen LogP contribution in [0.15, 0.2) is 0 Å². The highest BCUT2D eigenvalue weighted by molar-refractivity contribution is 5.46. The van der Waals surface area contributed by atoms with E-state index in [4.69, 9.17) is 15.0 Å². The smallest absolute Gasteiger partial charge is 0.231 e. The monoisotopic (exact) mass is 336 g/mol. The van der Waals surface area contributed by atoms with Crippen LogP contribution in [0.4, 0.5) is 17.8 Å². The third kappa shape index (κ3) is 5.49. The second kappa shape index (κ2) is 11.0. The lowest BCUT2D eigenvalue weighted by Crippen LogP contribution is -2.32. The van der Waals surface area contributed by atoms with Gasteiger partial charge in [0, 0.05) is 39.3 Å². The van der Waals surface area contributed by atoms with Gasteiger partial charge in [-0.05, 0) is 40.0 Å². The maximum absolute atomic E-state index is 4.79. The van der Waals surface area contributed by atoms with Gasteiger partial charge in [0.25, 0.3) is 0 Å². The first-order valence-electron chi connectivity index (χ1n) is 9.65. The molecule has 0 N–H and O–H groups in total. The van der Waals surface area contributed by atoms with Crippen molar-refractivity contribution in [1.82, 2.24) is 15.0 Å². The summed E-state index contributed by atoms with van der Waals surface area (Å²) in [5, 5.41) is 0. The zero-order valence-electron chi connectivity index (χ0n) is 16.5. The third-order valence-electron chi connectivity index (χ3n) is 4.07. The Morgan fingerprint density at radius 2 is 0.750 bits per heavy atom. The van der Waals surface area contributed by atoms with E-state index in [-0.39, 0.29) is 0 Å². The predicted molar refractivity (Wildman–Crippen MR) is 104 cm³/mol. The number of hydrogen-bond acceptors (Lipinski definition) is 6. The molecule has 138 valence electrons. The molecule has 0 amide bonds. The van der Waals surface area contributed by atoms with E-state index in [1.807, 2.05) is 0 Å². The van der Waals surface area contributed by atoms with Crippen molar-refractivity contribution in [3.63, 3.8) is 0 Å². The molecule has 1 aromatic rings. The summed E-state index contributed by atoms with van der Waals surface area (Å²) in [5.41, 5.74) is 0. The first-order valence-corrected chi connectivity index (χ1v) is 9.65. The predicted octanol–water partition coefficient (Wildman–Crippen LogP) is 3.58. The van der Waals surface area contributed by atoms with Gasteiger partial charge in [0.15, 0.2) is 0 Å². The summed E-state index contributed by atoms with van der Waals surface area (Å²) in [6.45, 7) is 18.7. The van der Waals surface area contributed by atoms with Crippen LogP contribution in [0.3, 0.4) is 0 Å². The number of hydrogen-bond donors (Lipinski definition) is 0. The molecule has 0 radical (unpaired) electrons. The van der Waals surface area contributed by atoms with Gasteiger partial charge in [-0.1, -0.05) is 20.8 Å². The third-order valence-corrected chi connectivity index (χ3v) is 4.07. The quantitative estimate of drug-likeness (QED) is 0.581. The highest BCUT2D eigenvalue weighted by Gasteiger charge is 2.17. The summed E-state index contributed by atoms with van der Waals surface area (Å²) in [4.78, 5) is 21.1. The van der Waals surface area contributed by atoms with Crippen LogP contribution in [-0.4, -0.2) is 54.2 Å². The lowest BCUT2D eigenvalue weighted by atomic mass is 10.4. The Morgan fingerprint density at radius 3 is 0.917 bits per heavy atom. The molecule has 0 aliphatic carbocycles. The van der Waals surface area contributed by atoms with Crippen LogP contribution in [-0.2, 0) is 0 Å². The molecule has 0 spiro atoms. The van der Waals surface area contributed by atoms with Gasteiger partial charge in [-0.15, -0.1) is 0 Å². The van der Waals surface area contributed by atoms with Crippen molar-refractivity contribution in [3.05, 3.63) is 0 Å². The summed E-state index contributed by atoms with van der Waals surface area (Å²) in [5.74, 6) is 2.43. The van der Waals surface area contributed by atoms with Crippen LogP contribution < -0.4 is 14.7 Å². The maximum atomic E-state index is 4.79. The molecule has 0 saturated heterocycles. The number of aromatic nitrogens is 3. The molecule has 24 heavy (non-hydrogen) atoms. The van der Waals surface area contributed by atoms with Crippen molar-refractivity contribution in [2.75, 3.05) is 54.0 Å². The zero-order chi connectivity index (χ0) is 17.9. The molecule has 1 aromatic heterocycles. The van der Waals surface area contributed by atoms with Crippen LogP contribution in [0.5, 0.6) is 0 Å². The number of nitrogens with zero attached hydrogens (tertiary/aromatic N) is 6. The number of anilines is 3. The normalized spacial score (nSPS) is 10.8. The lowest BCUT2D eigenvalue weighted by molar-refractivity contribution is 0.708. The fourth-order valence-electron chi connectivity index (χ4n) is 2.78. The fourth-order valence-corrected chi connectivity index (χ4v) is 2.78. The minimum Gasteiger partial charge on any atom is -0.341 e. The molecule has 6 heteroatoms. The van der Waals surface area contributed by atoms with Crippen molar-refractivity contribution >= 4 is 17.8 Å². The largest absolute Gasteiger partial charge is 0.341 e. The van der Waals surface area contributed by atoms with E-state index >= 15 is 0 Å². The van der Waals surface area contributed by atoms with Crippen LogP contribution in [0.1, 0.15) is 60.8 Å². The maximum Gasteiger partial charge on any atom is 0.231 e. The first kappa shape index (κ1) is 20.5. The molecule has 6 nitrogen and oxygen atoms in total. The van der Waals surface area contributed by atoms with Crippen molar-refractivity contribution in [2.24, 2.45) is 0 Å². The summed E-state index contributed by atoms with van der Waals surface area (Å²) in [7, 11) is 0. The molecular formula is C18H36N6. The lowest BCUT2D eigenvalue weighted by Gasteiger charge is -2.27. The summed E-state index contributed by atoms with van der Waals surface area (Å²) >= 11 is 0. The average molecular weight is 337 g/mol.